The average Bonchev–Trinajstić information content (AvgIpc) is 3.00. The highest BCUT2D eigenvalue weighted by molar-refractivity contribution is 5.71. The Balaban J connectivity index is 1.94. The molecule has 0 radical (unpaired) electrons. The van der Waals surface area contributed by atoms with E-state index >= 15 is 0 Å². The second-order valence-corrected chi connectivity index (χ2v) is 5.15. The summed E-state index contributed by atoms with van der Waals surface area (Å²) >= 11 is 0. The summed E-state index contributed by atoms with van der Waals surface area (Å²) in [4.78, 5) is 4.63. The SMILES string of the molecule is Oc1ccccc1-c1cn2c(-c3ccccc3)cccc2n1. The van der Waals surface area contributed by atoms with E-state index in [0.717, 1.165) is 28.2 Å². The number of fused-ring (bicyclic) bond motifs is 1. The Morgan fingerprint density at radius 3 is 2.36 bits per heavy atom. The Morgan fingerprint density at radius 2 is 1.55 bits per heavy atom. The predicted molar refractivity (Wildman–Crippen MR) is 87.7 cm³/mol. The Labute approximate surface area is 128 Å². The molecule has 1 N–H and O–H groups in total. The third-order valence-corrected chi connectivity index (χ3v) is 3.74. The van der Waals surface area contributed by atoms with Gasteiger partial charge in [0.15, 0.2) is 0 Å². The van der Waals surface area contributed by atoms with Crippen molar-refractivity contribution < 1.29 is 5.11 Å². The van der Waals surface area contributed by atoms with Gasteiger partial charge in [-0.05, 0) is 29.8 Å². The van der Waals surface area contributed by atoms with E-state index in [1.165, 1.54) is 0 Å². The van der Waals surface area contributed by atoms with Crippen LogP contribution in [0.2, 0.25) is 0 Å². The van der Waals surface area contributed by atoms with Gasteiger partial charge in [0.25, 0.3) is 0 Å². The molecule has 3 heteroatoms. The molecule has 106 valence electrons. The Hall–Kier alpha value is -3.07. The lowest BCUT2D eigenvalue weighted by molar-refractivity contribution is 0.477. The Bertz CT molecular complexity index is 942. The van der Waals surface area contributed by atoms with Gasteiger partial charge in [0.2, 0.25) is 0 Å². The topological polar surface area (TPSA) is 37.5 Å². The summed E-state index contributed by atoms with van der Waals surface area (Å²) in [5.41, 5.74) is 4.58. The van der Waals surface area contributed by atoms with Crippen molar-refractivity contribution in [2.24, 2.45) is 0 Å². The van der Waals surface area contributed by atoms with Gasteiger partial charge in [0.05, 0.1) is 11.4 Å². The van der Waals surface area contributed by atoms with Crippen molar-refractivity contribution in [3.05, 3.63) is 79.0 Å². The molecular weight excluding hydrogens is 272 g/mol. The van der Waals surface area contributed by atoms with Crippen LogP contribution in [-0.4, -0.2) is 14.5 Å². The van der Waals surface area contributed by atoms with Crippen LogP contribution in [0.3, 0.4) is 0 Å². The fourth-order valence-electron chi connectivity index (χ4n) is 2.67. The van der Waals surface area contributed by atoms with Crippen molar-refractivity contribution in [2.75, 3.05) is 0 Å². The molecule has 0 atom stereocenters. The first-order chi connectivity index (χ1) is 10.8. The molecule has 0 spiro atoms. The summed E-state index contributed by atoms with van der Waals surface area (Å²) in [6.07, 6.45) is 1.96. The molecule has 0 saturated carbocycles. The third-order valence-electron chi connectivity index (χ3n) is 3.74. The number of nitrogens with zero attached hydrogens (tertiary/aromatic N) is 2. The zero-order valence-corrected chi connectivity index (χ0v) is 11.8. The molecule has 0 aliphatic carbocycles. The summed E-state index contributed by atoms with van der Waals surface area (Å²) in [6.45, 7) is 0. The van der Waals surface area contributed by atoms with Gasteiger partial charge in [-0.1, -0.05) is 48.5 Å². The van der Waals surface area contributed by atoms with Gasteiger partial charge in [0.1, 0.15) is 11.4 Å². The van der Waals surface area contributed by atoms with E-state index in [4.69, 9.17) is 0 Å². The number of hydrogen-bond donors (Lipinski definition) is 1. The summed E-state index contributed by atoms with van der Waals surface area (Å²) in [5.74, 6) is 0.243. The molecule has 0 saturated heterocycles. The summed E-state index contributed by atoms with van der Waals surface area (Å²) in [6, 6.07) is 23.5. The van der Waals surface area contributed by atoms with Crippen molar-refractivity contribution in [1.29, 1.82) is 0 Å². The Morgan fingerprint density at radius 1 is 0.773 bits per heavy atom. The van der Waals surface area contributed by atoms with Gasteiger partial charge in [0, 0.05) is 11.8 Å². The van der Waals surface area contributed by atoms with Crippen LogP contribution < -0.4 is 0 Å². The minimum absolute atomic E-state index is 0.243. The van der Waals surface area contributed by atoms with Gasteiger partial charge in [-0.25, -0.2) is 4.98 Å². The number of hydrogen-bond acceptors (Lipinski definition) is 2. The van der Waals surface area contributed by atoms with E-state index in [1.807, 2.05) is 54.7 Å². The van der Waals surface area contributed by atoms with Crippen molar-refractivity contribution in [2.45, 2.75) is 0 Å². The second-order valence-electron chi connectivity index (χ2n) is 5.15. The predicted octanol–water partition coefficient (Wildman–Crippen LogP) is 4.37. The zero-order valence-electron chi connectivity index (χ0n) is 11.8. The molecule has 2 aromatic heterocycles. The first kappa shape index (κ1) is 12.7. The fraction of sp³-hybridized carbons (Fsp3) is 0. The maximum Gasteiger partial charge on any atom is 0.137 e. The minimum atomic E-state index is 0.243. The largest absolute Gasteiger partial charge is 0.507 e. The smallest absolute Gasteiger partial charge is 0.137 e. The number of aromatic hydroxyl groups is 1. The number of aromatic nitrogens is 2. The minimum Gasteiger partial charge on any atom is -0.507 e. The molecule has 2 aromatic carbocycles. The number of phenolic OH excluding ortho intramolecular Hbond substituents is 1. The lowest BCUT2D eigenvalue weighted by atomic mass is 10.1. The van der Waals surface area contributed by atoms with Crippen LogP contribution >= 0.6 is 0 Å². The molecule has 0 unspecified atom stereocenters. The number of pyridine rings is 1. The summed E-state index contributed by atoms with van der Waals surface area (Å²) in [5, 5.41) is 10.0. The molecule has 0 bridgehead atoms. The van der Waals surface area contributed by atoms with Crippen LogP contribution in [0.5, 0.6) is 5.75 Å². The molecule has 4 rings (SSSR count). The van der Waals surface area contributed by atoms with Crippen molar-refractivity contribution in [3.8, 4) is 28.3 Å². The van der Waals surface area contributed by atoms with Gasteiger partial charge >= 0.3 is 0 Å². The van der Waals surface area contributed by atoms with Gasteiger partial charge in [-0.3, -0.25) is 4.40 Å². The lowest BCUT2D eigenvalue weighted by Gasteiger charge is -2.04. The van der Waals surface area contributed by atoms with Crippen molar-refractivity contribution >= 4 is 5.65 Å². The van der Waals surface area contributed by atoms with Crippen LogP contribution in [0.1, 0.15) is 0 Å². The van der Waals surface area contributed by atoms with E-state index in [2.05, 4.69) is 27.6 Å². The van der Waals surface area contributed by atoms with Crippen LogP contribution in [0.25, 0.3) is 28.2 Å². The number of phenols is 1. The van der Waals surface area contributed by atoms with Crippen LogP contribution in [0.4, 0.5) is 0 Å². The standard InChI is InChI=1S/C19H14N2O/c22-18-11-5-4-9-15(18)16-13-21-17(10-6-12-19(21)20-16)14-7-2-1-3-8-14/h1-13,22H. The molecular formula is C19H14N2O. The maximum atomic E-state index is 10.0. The fourth-order valence-corrected chi connectivity index (χ4v) is 2.67. The molecule has 22 heavy (non-hydrogen) atoms. The summed E-state index contributed by atoms with van der Waals surface area (Å²) in [7, 11) is 0. The normalized spacial score (nSPS) is 10.9. The molecule has 0 amide bonds. The van der Waals surface area contributed by atoms with E-state index in [0.29, 0.717) is 0 Å². The van der Waals surface area contributed by atoms with Crippen LogP contribution in [-0.2, 0) is 0 Å². The van der Waals surface area contributed by atoms with Gasteiger partial charge in [-0.2, -0.15) is 0 Å². The van der Waals surface area contributed by atoms with Crippen LogP contribution in [0.15, 0.2) is 79.0 Å². The Kier molecular flexibility index (Phi) is 2.90. The van der Waals surface area contributed by atoms with Gasteiger partial charge < -0.3 is 5.11 Å². The number of rotatable bonds is 2. The molecule has 0 aliphatic rings. The molecule has 2 heterocycles. The molecule has 3 nitrogen and oxygen atoms in total. The third kappa shape index (κ3) is 2.04. The highest BCUT2D eigenvalue weighted by atomic mass is 16.3. The van der Waals surface area contributed by atoms with Crippen molar-refractivity contribution in [1.82, 2.24) is 9.38 Å². The van der Waals surface area contributed by atoms with Crippen LogP contribution in [0, 0.1) is 0 Å². The van der Waals surface area contributed by atoms with E-state index in [-0.39, 0.29) is 5.75 Å². The monoisotopic (exact) mass is 286 g/mol. The molecule has 4 aromatic rings. The second kappa shape index (κ2) is 5.04. The average molecular weight is 286 g/mol. The number of para-hydroxylation sites is 1. The quantitative estimate of drug-likeness (QED) is 0.594. The maximum absolute atomic E-state index is 10.0. The number of imidazole rings is 1. The number of benzene rings is 2. The lowest BCUT2D eigenvalue weighted by Crippen LogP contribution is -1.89. The molecule has 0 aliphatic heterocycles. The van der Waals surface area contributed by atoms with E-state index in [1.54, 1.807) is 6.07 Å². The first-order valence-corrected chi connectivity index (χ1v) is 7.15. The highest BCUT2D eigenvalue weighted by Crippen LogP contribution is 2.29. The van der Waals surface area contributed by atoms with E-state index < -0.39 is 0 Å². The van der Waals surface area contributed by atoms with Gasteiger partial charge in [-0.15, -0.1) is 0 Å². The highest BCUT2D eigenvalue weighted by Gasteiger charge is 2.10. The van der Waals surface area contributed by atoms with E-state index in [9.17, 15) is 5.11 Å². The first-order valence-electron chi connectivity index (χ1n) is 7.15. The zero-order chi connectivity index (χ0) is 14.9. The van der Waals surface area contributed by atoms with Crippen molar-refractivity contribution in [3.63, 3.8) is 0 Å². The summed E-state index contributed by atoms with van der Waals surface area (Å²) < 4.78 is 2.05. The molecule has 0 fully saturated rings.